The number of carbonyl (C=O) groups is 2. The molecule has 20 heavy (non-hydrogen) atoms. The zero-order valence-corrected chi connectivity index (χ0v) is 11.7. The first-order valence-corrected chi connectivity index (χ1v) is 7.22. The van der Waals surface area contributed by atoms with E-state index < -0.39 is 5.97 Å². The summed E-state index contributed by atoms with van der Waals surface area (Å²) < 4.78 is 0. The summed E-state index contributed by atoms with van der Waals surface area (Å²) in [5.74, 6) is -0.786. The van der Waals surface area contributed by atoms with E-state index in [0.29, 0.717) is 32.2 Å². The number of hydrogen-bond acceptors (Lipinski definition) is 4. The molecule has 0 aromatic carbocycles. The Kier molecular flexibility index (Phi) is 5.19. The molecule has 0 unspecified atom stereocenters. The maximum absolute atomic E-state index is 12.4. The van der Waals surface area contributed by atoms with Gasteiger partial charge in [0.25, 0.3) is 0 Å². The molecule has 2 rings (SSSR count). The highest BCUT2D eigenvalue weighted by molar-refractivity contribution is 5.75. The third-order valence-electron chi connectivity index (χ3n) is 3.86. The van der Waals surface area contributed by atoms with Gasteiger partial charge in [-0.2, -0.15) is 0 Å². The molecule has 7 nitrogen and oxygen atoms in total. The first-order chi connectivity index (χ1) is 9.61. The van der Waals surface area contributed by atoms with E-state index in [0.717, 1.165) is 25.9 Å². The lowest BCUT2D eigenvalue weighted by molar-refractivity contribution is -0.137. The van der Waals surface area contributed by atoms with Gasteiger partial charge < -0.3 is 20.0 Å². The van der Waals surface area contributed by atoms with Crippen LogP contribution in [0.5, 0.6) is 0 Å². The average Bonchev–Trinajstić information content (AvgIpc) is 3.27. The minimum absolute atomic E-state index is 0.000810. The number of aliphatic hydroxyl groups excluding tert-OH is 1. The molecule has 1 aliphatic heterocycles. The first-order valence-electron chi connectivity index (χ1n) is 7.22. The van der Waals surface area contributed by atoms with E-state index in [2.05, 4.69) is 4.90 Å². The molecule has 2 aliphatic rings. The first kappa shape index (κ1) is 15.1. The zero-order valence-electron chi connectivity index (χ0n) is 11.7. The van der Waals surface area contributed by atoms with Crippen molar-refractivity contribution in [2.75, 3.05) is 45.9 Å². The van der Waals surface area contributed by atoms with Crippen LogP contribution >= 0.6 is 0 Å². The molecule has 2 N–H and O–H groups in total. The van der Waals surface area contributed by atoms with Crippen molar-refractivity contribution in [1.82, 2.24) is 14.7 Å². The Balaban J connectivity index is 1.77. The van der Waals surface area contributed by atoms with E-state index in [1.165, 1.54) is 0 Å². The summed E-state index contributed by atoms with van der Waals surface area (Å²) in [5, 5.41) is 17.7. The Labute approximate surface area is 118 Å². The van der Waals surface area contributed by atoms with Gasteiger partial charge in [0.15, 0.2) is 0 Å². The number of aliphatic carboxylic acids is 1. The predicted octanol–water partition coefficient (Wildman–Crippen LogP) is -0.345. The Morgan fingerprint density at radius 2 is 1.80 bits per heavy atom. The molecule has 1 saturated carbocycles. The number of hydrogen-bond donors (Lipinski definition) is 2. The van der Waals surface area contributed by atoms with E-state index >= 15 is 0 Å². The second-order valence-corrected chi connectivity index (χ2v) is 5.40. The van der Waals surface area contributed by atoms with E-state index in [4.69, 9.17) is 10.2 Å². The summed E-state index contributed by atoms with van der Waals surface area (Å²) in [5.41, 5.74) is 0. The molecule has 1 saturated heterocycles. The summed E-state index contributed by atoms with van der Waals surface area (Å²) in [7, 11) is 0. The summed E-state index contributed by atoms with van der Waals surface area (Å²) in [4.78, 5) is 28.6. The van der Waals surface area contributed by atoms with Crippen molar-refractivity contribution in [3.8, 4) is 0 Å². The quantitative estimate of drug-likeness (QED) is 0.697. The van der Waals surface area contributed by atoms with Crippen molar-refractivity contribution >= 4 is 12.0 Å². The fourth-order valence-electron chi connectivity index (χ4n) is 2.53. The highest BCUT2D eigenvalue weighted by atomic mass is 16.4. The molecule has 0 aromatic heterocycles. The fraction of sp³-hybridized carbons (Fsp3) is 0.846. The van der Waals surface area contributed by atoms with E-state index in [1.54, 1.807) is 4.90 Å². The van der Waals surface area contributed by atoms with Crippen molar-refractivity contribution in [3.05, 3.63) is 0 Å². The number of nitrogens with zero attached hydrogens (tertiary/aromatic N) is 3. The molecule has 0 atom stereocenters. The van der Waals surface area contributed by atoms with Crippen LogP contribution in [0.25, 0.3) is 0 Å². The third kappa shape index (κ3) is 4.08. The SMILES string of the molecule is O=C(O)CCN1CCN(C(=O)N(CCO)C2CC2)CC1. The van der Waals surface area contributed by atoms with Crippen LogP contribution in [0.4, 0.5) is 4.79 Å². The van der Waals surface area contributed by atoms with Gasteiger partial charge in [0, 0.05) is 45.3 Å². The monoisotopic (exact) mass is 285 g/mol. The molecule has 0 aromatic rings. The predicted molar refractivity (Wildman–Crippen MR) is 72.5 cm³/mol. The molecular weight excluding hydrogens is 262 g/mol. The molecule has 1 heterocycles. The summed E-state index contributed by atoms with van der Waals surface area (Å²) >= 11 is 0. The zero-order chi connectivity index (χ0) is 14.5. The highest BCUT2D eigenvalue weighted by Crippen LogP contribution is 2.27. The number of rotatable bonds is 6. The number of carboxylic acid groups (broad SMARTS) is 1. The van der Waals surface area contributed by atoms with Crippen LogP contribution < -0.4 is 0 Å². The van der Waals surface area contributed by atoms with Crippen LogP contribution in [0, 0.1) is 0 Å². The Hall–Kier alpha value is -1.34. The molecule has 2 amide bonds. The molecule has 0 spiro atoms. The number of urea groups is 1. The van der Waals surface area contributed by atoms with Crippen LogP contribution in [-0.4, -0.2) is 88.8 Å². The summed E-state index contributed by atoms with van der Waals surface area (Å²) in [6.45, 7) is 3.65. The van der Waals surface area contributed by atoms with Gasteiger partial charge in [0.2, 0.25) is 0 Å². The standard InChI is InChI=1S/C13H23N3O4/c17-10-9-16(11-1-2-11)13(20)15-7-5-14(6-8-15)4-3-12(18)19/h11,17H,1-10H2,(H,18,19). The van der Waals surface area contributed by atoms with Crippen molar-refractivity contribution in [2.45, 2.75) is 25.3 Å². The van der Waals surface area contributed by atoms with Gasteiger partial charge in [0.1, 0.15) is 0 Å². The van der Waals surface area contributed by atoms with Gasteiger partial charge in [-0.1, -0.05) is 0 Å². The van der Waals surface area contributed by atoms with Gasteiger partial charge >= 0.3 is 12.0 Å². The maximum atomic E-state index is 12.4. The number of carbonyl (C=O) groups excluding carboxylic acids is 1. The average molecular weight is 285 g/mol. The molecule has 1 aliphatic carbocycles. The van der Waals surface area contributed by atoms with Gasteiger partial charge in [-0.15, -0.1) is 0 Å². The molecule has 2 fully saturated rings. The van der Waals surface area contributed by atoms with Gasteiger partial charge in [-0.3, -0.25) is 9.69 Å². The maximum Gasteiger partial charge on any atom is 0.320 e. The van der Waals surface area contributed by atoms with Crippen LogP contribution in [0.2, 0.25) is 0 Å². The minimum Gasteiger partial charge on any atom is -0.481 e. The lowest BCUT2D eigenvalue weighted by Gasteiger charge is -2.37. The number of carboxylic acids is 1. The van der Waals surface area contributed by atoms with Crippen molar-refractivity contribution < 1.29 is 19.8 Å². The topological polar surface area (TPSA) is 84.3 Å². The normalized spacial score (nSPS) is 19.9. The Morgan fingerprint density at radius 1 is 1.15 bits per heavy atom. The van der Waals surface area contributed by atoms with Gasteiger partial charge in [-0.05, 0) is 12.8 Å². The highest BCUT2D eigenvalue weighted by Gasteiger charge is 2.35. The van der Waals surface area contributed by atoms with Crippen molar-refractivity contribution in [1.29, 1.82) is 0 Å². The Morgan fingerprint density at radius 3 is 2.30 bits per heavy atom. The summed E-state index contributed by atoms with van der Waals surface area (Å²) in [6.07, 6.45) is 2.21. The lowest BCUT2D eigenvalue weighted by Crippen LogP contribution is -2.53. The second kappa shape index (κ2) is 6.90. The van der Waals surface area contributed by atoms with Gasteiger partial charge in [0.05, 0.1) is 13.0 Å². The van der Waals surface area contributed by atoms with E-state index in [9.17, 15) is 9.59 Å². The van der Waals surface area contributed by atoms with E-state index in [-0.39, 0.29) is 19.1 Å². The van der Waals surface area contributed by atoms with Crippen LogP contribution in [0.3, 0.4) is 0 Å². The smallest absolute Gasteiger partial charge is 0.320 e. The lowest BCUT2D eigenvalue weighted by atomic mass is 10.3. The second-order valence-electron chi connectivity index (χ2n) is 5.40. The molecule has 7 heteroatoms. The molecule has 0 bridgehead atoms. The number of amides is 2. The van der Waals surface area contributed by atoms with Crippen LogP contribution in [-0.2, 0) is 4.79 Å². The summed E-state index contributed by atoms with van der Waals surface area (Å²) in [6, 6.07) is 0.319. The van der Waals surface area contributed by atoms with Crippen molar-refractivity contribution in [3.63, 3.8) is 0 Å². The van der Waals surface area contributed by atoms with Gasteiger partial charge in [-0.25, -0.2) is 4.79 Å². The van der Waals surface area contributed by atoms with E-state index in [1.807, 2.05) is 4.90 Å². The minimum atomic E-state index is -0.786. The third-order valence-corrected chi connectivity index (χ3v) is 3.86. The Bertz CT molecular complexity index is 352. The van der Waals surface area contributed by atoms with Crippen LogP contribution in [0.1, 0.15) is 19.3 Å². The number of aliphatic hydroxyl groups is 1. The largest absolute Gasteiger partial charge is 0.481 e. The molecule has 0 radical (unpaired) electrons. The molecule has 114 valence electrons. The van der Waals surface area contributed by atoms with Crippen molar-refractivity contribution in [2.24, 2.45) is 0 Å². The van der Waals surface area contributed by atoms with Crippen LogP contribution in [0.15, 0.2) is 0 Å². The molecular formula is C13H23N3O4. The fourth-order valence-corrected chi connectivity index (χ4v) is 2.53. The number of piperazine rings is 1.